The molecule has 0 aromatic heterocycles. The van der Waals surface area contributed by atoms with E-state index >= 15 is 0 Å². The standard InChI is InChI=1S/C14H26O2/c1-10(2)9-15-12-8-14(11(3)4)7-6-13(12,5)16-14/h10-12H,6-9H2,1-5H3/t12-,13?,14?/m0/s1. The Morgan fingerprint density at radius 1 is 1.25 bits per heavy atom. The van der Waals surface area contributed by atoms with Crippen molar-refractivity contribution in [3.05, 3.63) is 0 Å². The quantitative estimate of drug-likeness (QED) is 0.731. The predicted molar refractivity (Wildman–Crippen MR) is 65.5 cm³/mol. The van der Waals surface area contributed by atoms with Gasteiger partial charge in [-0.1, -0.05) is 27.7 Å². The van der Waals surface area contributed by atoms with Gasteiger partial charge in [-0.25, -0.2) is 0 Å². The van der Waals surface area contributed by atoms with Crippen molar-refractivity contribution in [2.24, 2.45) is 11.8 Å². The zero-order chi connectivity index (χ0) is 12.0. The lowest BCUT2D eigenvalue weighted by molar-refractivity contribution is -0.0957. The minimum atomic E-state index is -0.0147. The van der Waals surface area contributed by atoms with Gasteiger partial charge in [-0.15, -0.1) is 0 Å². The van der Waals surface area contributed by atoms with Crippen molar-refractivity contribution in [2.75, 3.05) is 6.61 Å². The molecule has 94 valence electrons. The molecule has 2 aliphatic heterocycles. The van der Waals surface area contributed by atoms with E-state index in [0.29, 0.717) is 17.9 Å². The first kappa shape index (κ1) is 12.4. The van der Waals surface area contributed by atoms with Crippen molar-refractivity contribution in [3.63, 3.8) is 0 Å². The number of ether oxygens (including phenoxy) is 2. The van der Waals surface area contributed by atoms with Crippen LogP contribution in [0.15, 0.2) is 0 Å². The number of fused-ring (bicyclic) bond motifs is 2. The zero-order valence-electron chi connectivity index (χ0n) is 11.4. The molecule has 0 radical (unpaired) electrons. The lowest BCUT2D eigenvalue weighted by atomic mass is 9.75. The lowest BCUT2D eigenvalue weighted by Gasteiger charge is -2.31. The third-order valence-corrected chi connectivity index (χ3v) is 4.38. The van der Waals surface area contributed by atoms with Crippen molar-refractivity contribution in [1.82, 2.24) is 0 Å². The maximum absolute atomic E-state index is 6.33. The van der Waals surface area contributed by atoms with Crippen molar-refractivity contribution >= 4 is 0 Å². The SMILES string of the molecule is CC(C)CO[C@H]1CC2(C(C)C)CCC1(C)O2. The van der Waals surface area contributed by atoms with Gasteiger partial charge in [0.05, 0.1) is 17.3 Å². The largest absolute Gasteiger partial charge is 0.375 e. The van der Waals surface area contributed by atoms with Crippen LogP contribution in [0.25, 0.3) is 0 Å². The van der Waals surface area contributed by atoms with E-state index in [1.54, 1.807) is 0 Å². The van der Waals surface area contributed by atoms with Gasteiger partial charge in [0.25, 0.3) is 0 Å². The molecule has 2 nitrogen and oxygen atoms in total. The fourth-order valence-corrected chi connectivity index (χ4v) is 3.11. The molecule has 2 heteroatoms. The first-order chi connectivity index (χ1) is 7.38. The van der Waals surface area contributed by atoms with Crippen LogP contribution >= 0.6 is 0 Å². The van der Waals surface area contributed by atoms with Gasteiger partial charge in [-0.3, -0.25) is 0 Å². The van der Waals surface area contributed by atoms with Gasteiger partial charge < -0.3 is 9.47 Å². The first-order valence-corrected chi connectivity index (χ1v) is 6.70. The van der Waals surface area contributed by atoms with Crippen molar-refractivity contribution in [3.8, 4) is 0 Å². The molecule has 0 aromatic rings. The monoisotopic (exact) mass is 226 g/mol. The molecule has 2 aliphatic rings. The summed E-state index contributed by atoms with van der Waals surface area (Å²) in [5, 5.41) is 0. The molecule has 2 heterocycles. The Bertz CT molecular complexity index is 261. The second kappa shape index (κ2) is 3.99. The van der Waals surface area contributed by atoms with E-state index in [1.165, 1.54) is 6.42 Å². The van der Waals surface area contributed by atoms with E-state index in [0.717, 1.165) is 19.4 Å². The van der Waals surface area contributed by atoms with Gasteiger partial charge in [0.15, 0.2) is 0 Å². The number of hydrogen-bond donors (Lipinski definition) is 0. The number of rotatable bonds is 4. The van der Waals surface area contributed by atoms with Crippen molar-refractivity contribution < 1.29 is 9.47 Å². The molecule has 0 N–H and O–H groups in total. The molecule has 16 heavy (non-hydrogen) atoms. The van der Waals surface area contributed by atoms with Crippen LogP contribution in [-0.4, -0.2) is 23.9 Å². The fraction of sp³-hybridized carbons (Fsp3) is 1.00. The van der Waals surface area contributed by atoms with E-state index < -0.39 is 0 Å². The molecular formula is C14H26O2. The predicted octanol–water partition coefficient (Wildman–Crippen LogP) is 3.40. The van der Waals surface area contributed by atoms with Crippen LogP contribution in [-0.2, 0) is 9.47 Å². The van der Waals surface area contributed by atoms with E-state index in [-0.39, 0.29) is 11.2 Å². The van der Waals surface area contributed by atoms with Crippen LogP contribution in [0.3, 0.4) is 0 Å². The van der Waals surface area contributed by atoms with Gasteiger partial charge in [0.2, 0.25) is 0 Å². The molecule has 2 bridgehead atoms. The normalized spacial score (nSPS) is 42.6. The lowest BCUT2D eigenvalue weighted by Crippen LogP contribution is -2.39. The highest BCUT2D eigenvalue weighted by Crippen LogP contribution is 2.54. The summed E-state index contributed by atoms with van der Waals surface area (Å²) >= 11 is 0. The topological polar surface area (TPSA) is 18.5 Å². The molecule has 0 aromatic carbocycles. The Kier molecular flexibility index (Phi) is 3.09. The summed E-state index contributed by atoms with van der Waals surface area (Å²) in [4.78, 5) is 0. The smallest absolute Gasteiger partial charge is 0.0924 e. The summed E-state index contributed by atoms with van der Waals surface area (Å²) in [6.45, 7) is 12.0. The van der Waals surface area contributed by atoms with E-state index in [2.05, 4.69) is 34.6 Å². The van der Waals surface area contributed by atoms with E-state index in [4.69, 9.17) is 9.47 Å². The van der Waals surface area contributed by atoms with Gasteiger partial charge in [0.1, 0.15) is 0 Å². The van der Waals surface area contributed by atoms with E-state index in [9.17, 15) is 0 Å². The maximum atomic E-state index is 6.33. The summed E-state index contributed by atoms with van der Waals surface area (Å²) < 4.78 is 12.4. The molecule has 2 rings (SSSR count). The fourth-order valence-electron chi connectivity index (χ4n) is 3.11. The van der Waals surface area contributed by atoms with E-state index in [1.807, 2.05) is 0 Å². The second-order valence-electron chi connectivity index (χ2n) is 6.55. The molecule has 3 atom stereocenters. The third kappa shape index (κ3) is 1.91. The van der Waals surface area contributed by atoms with Crippen LogP contribution < -0.4 is 0 Å². The molecule has 2 saturated heterocycles. The molecule has 0 amide bonds. The summed E-state index contributed by atoms with van der Waals surface area (Å²) in [5.41, 5.74) is 0.0928. The summed E-state index contributed by atoms with van der Waals surface area (Å²) in [7, 11) is 0. The minimum Gasteiger partial charge on any atom is -0.375 e. The van der Waals surface area contributed by atoms with Gasteiger partial charge in [-0.2, -0.15) is 0 Å². The molecule has 2 unspecified atom stereocenters. The highest BCUT2D eigenvalue weighted by molar-refractivity contribution is 5.09. The Hall–Kier alpha value is -0.0800. The second-order valence-corrected chi connectivity index (χ2v) is 6.55. The van der Waals surface area contributed by atoms with Crippen LogP contribution in [0, 0.1) is 11.8 Å². The average molecular weight is 226 g/mol. The van der Waals surface area contributed by atoms with Crippen molar-refractivity contribution in [1.29, 1.82) is 0 Å². The first-order valence-electron chi connectivity index (χ1n) is 6.70. The Balaban J connectivity index is 2.03. The Labute approximate surface area is 99.7 Å². The maximum Gasteiger partial charge on any atom is 0.0924 e. The molecular weight excluding hydrogens is 200 g/mol. The highest BCUT2D eigenvalue weighted by Gasteiger charge is 2.60. The molecule has 2 fully saturated rings. The van der Waals surface area contributed by atoms with Crippen molar-refractivity contribution in [2.45, 2.75) is 71.2 Å². The average Bonchev–Trinajstić information content (AvgIpc) is 2.66. The molecule has 0 spiro atoms. The Morgan fingerprint density at radius 3 is 2.44 bits per heavy atom. The van der Waals surface area contributed by atoms with Gasteiger partial charge in [0, 0.05) is 13.0 Å². The number of hydrogen-bond acceptors (Lipinski definition) is 2. The van der Waals surface area contributed by atoms with Crippen LogP contribution in [0.5, 0.6) is 0 Å². The minimum absolute atomic E-state index is 0.0147. The van der Waals surface area contributed by atoms with Crippen LogP contribution in [0.2, 0.25) is 0 Å². The zero-order valence-corrected chi connectivity index (χ0v) is 11.4. The van der Waals surface area contributed by atoms with Crippen LogP contribution in [0.1, 0.15) is 53.9 Å². The molecule has 0 saturated carbocycles. The van der Waals surface area contributed by atoms with Gasteiger partial charge in [-0.05, 0) is 31.6 Å². The third-order valence-electron chi connectivity index (χ3n) is 4.38. The summed E-state index contributed by atoms with van der Waals surface area (Å²) in [6.07, 6.45) is 3.77. The Morgan fingerprint density at radius 2 is 1.94 bits per heavy atom. The van der Waals surface area contributed by atoms with Crippen LogP contribution in [0.4, 0.5) is 0 Å². The van der Waals surface area contributed by atoms with Gasteiger partial charge >= 0.3 is 0 Å². The molecule has 0 aliphatic carbocycles. The summed E-state index contributed by atoms with van der Waals surface area (Å²) in [5.74, 6) is 1.21. The highest BCUT2D eigenvalue weighted by atomic mass is 16.6. The summed E-state index contributed by atoms with van der Waals surface area (Å²) in [6, 6.07) is 0.